The Morgan fingerprint density at radius 1 is 1.60 bits per heavy atom. The Labute approximate surface area is 122 Å². The molecule has 0 radical (unpaired) electrons. The molecule has 0 bridgehead atoms. The van der Waals surface area contributed by atoms with Crippen molar-refractivity contribution in [2.45, 2.75) is 25.8 Å². The van der Waals surface area contributed by atoms with Crippen molar-refractivity contribution in [2.75, 3.05) is 19.4 Å². The number of nitrogens with zero attached hydrogens (tertiary/aromatic N) is 2. The van der Waals surface area contributed by atoms with Gasteiger partial charge in [0.15, 0.2) is 0 Å². The molecule has 0 N–H and O–H groups in total. The van der Waals surface area contributed by atoms with Crippen LogP contribution in [0.1, 0.15) is 19.8 Å². The number of Topliss-reactive ketones (excluding diaryl/α,β-unsaturated/α-hetero) is 1. The highest BCUT2D eigenvalue weighted by molar-refractivity contribution is 8.13. The normalized spacial score (nSPS) is 18.5. The molecule has 0 aromatic heterocycles. The standard InChI is InChI=1S/C13H18N2O4S/c1-4-7-19-13(18)15-8-11(17)14-12(20-3)10(15)6-5-9(2)16/h4,10H,1,5-8H2,2-3H3/t10-/m0/s1. The first-order chi connectivity index (χ1) is 9.49. The lowest BCUT2D eigenvalue weighted by Gasteiger charge is -2.33. The Bertz CT molecular complexity index is 448. The van der Waals surface area contributed by atoms with Crippen molar-refractivity contribution >= 4 is 34.6 Å². The molecule has 1 aliphatic rings. The lowest BCUT2D eigenvalue weighted by Crippen LogP contribution is -2.50. The summed E-state index contributed by atoms with van der Waals surface area (Å²) in [5, 5.41) is 0.540. The van der Waals surface area contributed by atoms with Crippen LogP contribution in [0.4, 0.5) is 4.79 Å². The van der Waals surface area contributed by atoms with E-state index in [2.05, 4.69) is 11.6 Å². The van der Waals surface area contributed by atoms with Gasteiger partial charge in [-0.25, -0.2) is 9.79 Å². The lowest BCUT2D eigenvalue weighted by atomic mass is 10.1. The SMILES string of the molecule is C=CCOC(=O)N1CC(=O)N=C(SC)[C@@H]1CCC(C)=O. The molecule has 0 aliphatic carbocycles. The summed E-state index contributed by atoms with van der Waals surface area (Å²) in [4.78, 5) is 39.9. The number of hydrogen-bond donors (Lipinski definition) is 0. The van der Waals surface area contributed by atoms with Gasteiger partial charge < -0.3 is 9.53 Å². The number of thioether (sulfide) groups is 1. The molecule has 1 atom stereocenters. The molecule has 2 amide bonds. The first kappa shape index (κ1) is 16.4. The third-order valence-corrected chi connectivity index (χ3v) is 3.52. The van der Waals surface area contributed by atoms with Crippen molar-refractivity contribution in [3.8, 4) is 0 Å². The summed E-state index contributed by atoms with van der Waals surface area (Å²) >= 11 is 1.30. The van der Waals surface area contributed by atoms with Crippen LogP contribution in [0.15, 0.2) is 17.6 Å². The molecule has 0 unspecified atom stereocenters. The Kier molecular flexibility index (Phi) is 6.44. The van der Waals surface area contributed by atoms with Crippen LogP contribution < -0.4 is 0 Å². The zero-order chi connectivity index (χ0) is 15.1. The molecule has 0 fully saturated rings. The predicted molar refractivity (Wildman–Crippen MR) is 77.9 cm³/mol. The molecule has 1 aliphatic heterocycles. The topological polar surface area (TPSA) is 76.0 Å². The fourth-order valence-corrected chi connectivity index (χ4v) is 2.54. The molecule has 0 aromatic carbocycles. The van der Waals surface area contributed by atoms with E-state index < -0.39 is 6.09 Å². The van der Waals surface area contributed by atoms with Crippen LogP contribution in [0.25, 0.3) is 0 Å². The second-order valence-corrected chi connectivity index (χ2v) is 5.12. The summed E-state index contributed by atoms with van der Waals surface area (Å²) in [5.41, 5.74) is 0. The molecule has 20 heavy (non-hydrogen) atoms. The van der Waals surface area contributed by atoms with Gasteiger partial charge in [0, 0.05) is 6.42 Å². The third kappa shape index (κ3) is 4.48. The minimum absolute atomic E-state index is 0.0294. The van der Waals surface area contributed by atoms with Gasteiger partial charge in [-0.15, -0.1) is 11.8 Å². The molecule has 7 heteroatoms. The summed E-state index contributed by atoms with van der Waals surface area (Å²) in [7, 11) is 0. The van der Waals surface area contributed by atoms with Gasteiger partial charge in [-0.1, -0.05) is 12.7 Å². The van der Waals surface area contributed by atoms with E-state index in [0.29, 0.717) is 17.9 Å². The van der Waals surface area contributed by atoms with Crippen LogP contribution in [-0.4, -0.2) is 53.2 Å². The van der Waals surface area contributed by atoms with Gasteiger partial charge in [-0.3, -0.25) is 9.69 Å². The van der Waals surface area contributed by atoms with E-state index in [0.717, 1.165) is 0 Å². The summed E-state index contributed by atoms with van der Waals surface area (Å²) in [6.45, 7) is 4.91. The average Bonchev–Trinajstić information content (AvgIpc) is 2.42. The molecule has 0 aromatic rings. The number of amides is 2. The van der Waals surface area contributed by atoms with Gasteiger partial charge in [0.25, 0.3) is 5.91 Å². The monoisotopic (exact) mass is 298 g/mol. The number of carbonyl (C=O) groups excluding carboxylic acids is 3. The minimum atomic E-state index is -0.590. The van der Waals surface area contributed by atoms with Gasteiger partial charge >= 0.3 is 6.09 Å². The number of rotatable bonds is 5. The Morgan fingerprint density at radius 2 is 2.30 bits per heavy atom. The van der Waals surface area contributed by atoms with Crippen LogP contribution in [0.3, 0.4) is 0 Å². The summed E-state index contributed by atoms with van der Waals surface area (Å²) < 4.78 is 4.98. The van der Waals surface area contributed by atoms with Crippen molar-refractivity contribution in [3.05, 3.63) is 12.7 Å². The van der Waals surface area contributed by atoms with Crippen molar-refractivity contribution in [1.82, 2.24) is 4.90 Å². The molecule has 6 nitrogen and oxygen atoms in total. The number of aliphatic imine (C=N–C) groups is 1. The number of carbonyl (C=O) groups is 3. The van der Waals surface area contributed by atoms with E-state index in [1.807, 2.05) is 0 Å². The first-order valence-corrected chi connectivity index (χ1v) is 7.41. The van der Waals surface area contributed by atoms with Gasteiger partial charge in [0.2, 0.25) is 0 Å². The first-order valence-electron chi connectivity index (χ1n) is 6.18. The maximum atomic E-state index is 12.0. The molecular weight excluding hydrogens is 280 g/mol. The van der Waals surface area contributed by atoms with Crippen LogP contribution in [0.5, 0.6) is 0 Å². The maximum absolute atomic E-state index is 12.0. The Balaban J connectivity index is 2.89. The van der Waals surface area contributed by atoms with E-state index in [1.165, 1.54) is 29.7 Å². The predicted octanol–water partition coefficient (Wildman–Crippen LogP) is 1.65. The van der Waals surface area contributed by atoms with Crippen molar-refractivity contribution in [2.24, 2.45) is 4.99 Å². The van der Waals surface area contributed by atoms with Gasteiger partial charge in [0.05, 0.1) is 11.1 Å². The molecule has 1 heterocycles. The van der Waals surface area contributed by atoms with E-state index in [1.54, 1.807) is 6.26 Å². The zero-order valence-corrected chi connectivity index (χ0v) is 12.4. The largest absolute Gasteiger partial charge is 0.445 e. The third-order valence-electron chi connectivity index (χ3n) is 2.74. The second kappa shape index (κ2) is 7.84. The van der Waals surface area contributed by atoms with Crippen LogP contribution in [0, 0.1) is 0 Å². The van der Waals surface area contributed by atoms with Crippen LogP contribution in [-0.2, 0) is 14.3 Å². The molecular formula is C13H18N2O4S. The highest BCUT2D eigenvalue weighted by atomic mass is 32.2. The number of hydrogen-bond acceptors (Lipinski definition) is 5. The van der Waals surface area contributed by atoms with E-state index >= 15 is 0 Å². The van der Waals surface area contributed by atoms with E-state index in [9.17, 15) is 14.4 Å². The summed E-state index contributed by atoms with van der Waals surface area (Å²) in [6, 6.07) is -0.385. The van der Waals surface area contributed by atoms with Crippen LogP contribution in [0.2, 0.25) is 0 Å². The second-order valence-electron chi connectivity index (χ2n) is 4.30. The zero-order valence-electron chi connectivity index (χ0n) is 11.6. The van der Waals surface area contributed by atoms with Gasteiger partial charge in [0.1, 0.15) is 18.9 Å². The van der Waals surface area contributed by atoms with Crippen molar-refractivity contribution < 1.29 is 19.1 Å². The smallest absolute Gasteiger partial charge is 0.411 e. The molecule has 0 saturated heterocycles. The minimum Gasteiger partial charge on any atom is -0.445 e. The maximum Gasteiger partial charge on any atom is 0.411 e. The highest BCUT2D eigenvalue weighted by Crippen LogP contribution is 2.21. The molecule has 1 rings (SSSR count). The van der Waals surface area contributed by atoms with Gasteiger partial charge in [-0.05, 0) is 19.6 Å². The fraction of sp³-hybridized carbons (Fsp3) is 0.538. The van der Waals surface area contributed by atoms with Gasteiger partial charge in [-0.2, -0.15) is 0 Å². The number of ether oxygens (including phenoxy) is 1. The van der Waals surface area contributed by atoms with E-state index in [-0.39, 0.29) is 30.9 Å². The van der Waals surface area contributed by atoms with Crippen molar-refractivity contribution in [3.63, 3.8) is 0 Å². The molecule has 0 saturated carbocycles. The summed E-state index contributed by atoms with van der Waals surface area (Å²) in [6.07, 6.45) is 3.41. The lowest BCUT2D eigenvalue weighted by molar-refractivity contribution is -0.119. The van der Waals surface area contributed by atoms with E-state index in [4.69, 9.17) is 4.74 Å². The fourth-order valence-electron chi connectivity index (χ4n) is 1.83. The Morgan fingerprint density at radius 3 is 2.85 bits per heavy atom. The quantitative estimate of drug-likeness (QED) is 0.721. The average molecular weight is 298 g/mol. The molecule has 110 valence electrons. The highest BCUT2D eigenvalue weighted by Gasteiger charge is 2.34. The molecule has 0 spiro atoms. The summed E-state index contributed by atoms with van der Waals surface area (Å²) in [5.74, 6) is -0.356. The Hall–Kier alpha value is -1.63. The number of ketones is 1. The van der Waals surface area contributed by atoms with Crippen molar-refractivity contribution in [1.29, 1.82) is 0 Å². The van der Waals surface area contributed by atoms with Crippen LogP contribution >= 0.6 is 11.8 Å².